The van der Waals surface area contributed by atoms with Gasteiger partial charge in [-0.2, -0.15) is 5.26 Å². The maximum atomic E-state index is 13.0. The molecule has 4 unspecified atom stereocenters. The number of carbonyl (C=O) groups excluding carboxylic acids is 1. The number of hydrogen-bond donors (Lipinski definition) is 2. The van der Waals surface area contributed by atoms with E-state index in [-0.39, 0.29) is 34.0 Å². The highest BCUT2D eigenvalue weighted by Crippen LogP contribution is 2.56. The van der Waals surface area contributed by atoms with Crippen LogP contribution in [0.3, 0.4) is 0 Å². The van der Waals surface area contributed by atoms with Crippen molar-refractivity contribution >= 4 is 17.2 Å². The molecule has 6 heteroatoms. The first-order valence-corrected chi connectivity index (χ1v) is 13.0. The summed E-state index contributed by atoms with van der Waals surface area (Å²) in [5.41, 5.74) is 4.37. The van der Waals surface area contributed by atoms with Crippen LogP contribution in [-0.2, 0) is 4.74 Å². The number of carbonyl (C=O) groups is 1. The molecule has 3 aliphatic rings. The molecule has 0 spiro atoms. The van der Waals surface area contributed by atoms with Crippen LogP contribution in [0.5, 0.6) is 0 Å². The van der Waals surface area contributed by atoms with Crippen molar-refractivity contribution in [3.8, 4) is 6.07 Å². The summed E-state index contributed by atoms with van der Waals surface area (Å²) in [6.45, 7) is 13.6. The van der Waals surface area contributed by atoms with E-state index in [1.54, 1.807) is 0 Å². The average molecular weight is 485 g/mol. The van der Waals surface area contributed by atoms with E-state index in [1.807, 2.05) is 12.1 Å². The van der Waals surface area contributed by atoms with E-state index in [4.69, 9.17) is 10.00 Å². The van der Waals surface area contributed by atoms with Gasteiger partial charge in [0.25, 0.3) is 5.91 Å². The van der Waals surface area contributed by atoms with Gasteiger partial charge in [0.2, 0.25) is 0 Å². The quantitative estimate of drug-likeness (QED) is 0.478. The second kappa shape index (κ2) is 8.45. The lowest BCUT2D eigenvalue weighted by Gasteiger charge is -2.50. The summed E-state index contributed by atoms with van der Waals surface area (Å²) in [7, 11) is 0. The molecular weight excluding hydrogens is 448 g/mol. The summed E-state index contributed by atoms with van der Waals surface area (Å²) in [6, 6.07) is 8.47. The number of H-pyrrole nitrogens is 1. The Bertz CT molecular complexity index is 1290. The molecule has 188 valence electrons. The van der Waals surface area contributed by atoms with Crippen LogP contribution < -0.4 is 5.32 Å². The number of nitrogens with one attached hydrogen (secondary N) is 2. The molecule has 1 aliphatic carbocycles. The van der Waals surface area contributed by atoms with Crippen LogP contribution in [0.25, 0.3) is 5.57 Å². The Morgan fingerprint density at radius 1 is 1.17 bits per heavy atom. The standard InChI is InChI=1S/C30H36N4O2/c1-18-25(19(2)30(6)14-13-29(18,5)36-30)21-7-8-24(34-27(35)26-32-17-22(16-31)33-26)23(15-21)20-9-11-28(3,4)12-10-20/h7-9,13-15,17-19,25H,10-12H2,1-6H3,(H,32,33)(H,34,35). The van der Waals surface area contributed by atoms with Gasteiger partial charge in [0.15, 0.2) is 5.82 Å². The van der Waals surface area contributed by atoms with Crippen LogP contribution in [0.4, 0.5) is 5.69 Å². The molecule has 0 saturated carbocycles. The van der Waals surface area contributed by atoms with Gasteiger partial charge in [-0.3, -0.25) is 4.79 Å². The zero-order chi connectivity index (χ0) is 25.9. The lowest BCUT2D eigenvalue weighted by Crippen LogP contribution is -2.52. The number of hydrogen-bond acceptors (Lipinski definition) is 4. The maximum Gasteiger partial charge on any atom is 0.291 e. The van der Waals surface area contributed by atoms with Gasteiger partial charge in [-0.25, -0.2) is 4.98 Å². The molecule has 1 saturated heterocycles. The number of rotatable bonds is 4. The number of imidazole rings is 1. The predicted molar refractivity (Wildman–Crippen MR) is 141 cm³/mol. The molecule has 36 heavy (non-hydrogen) atoms. The van der Waals surface area contributed by atoms with E-state index in [2.05, 4.69) is 87.2 Å². The molecule has 2 aromatic rings. The van der Waals surface area contributed by atoms with E-state index < -0.39 is 0 Å². The largest absolute Gasteiger partial charge is 0.360 e. The molecular formula is C30H36N4O2. The van der Waals surface area contributed by atoms with Crippen LogP contribution in [0, 0.1) is 28.6 Å². The fraction of sp³-hybridized carbons (Fsp3) is 0.500. The fourth-order valence-electron chi connectivity index (χ4n) is 6.23. The predicted octanol–water partition coefficient (Wildman–Crippen LogP) is 6.60. The van der Waals surface area contributed by atoms with Crippen LogP contribution in [0.1, 0.15) is 94.2 Å². The zero-order valence-electron chi connectivity index (χ0n) is 22.1. The third-order valence-electron chi connectivity index (χ3n) is 8.98. The first-order chi connectivity index (χ1) is 16.9. The number of amides is 1. The van der Waals surface area contributed by atoms with E-state index in [0.717, 1.165) is 30.5 Å². The fourth-order valence-corrected chi connectivity index (χ4v) is 6.23. The summed E-state index contributed by atoms with van der Waals surface area (Å²) in [6.07, 6.45) is 11.3. The van der Waals surface area contributed by atoms with Crippen molar-refractivity contribution in [1.29, 1.82) is 5.26 Å². The lowest BCUT2D eigenvalue weighted by atomic mass is 9.66. The molecule has 1 aromatic heterocycles. The SMILES string of the molecule is CC1C(c2ccc(NC(=O)c3ncc(C#N)[nH]3)c(C3=CCC(C)(C)CC3)c2)C(C)C2(C)C=CC1(C)O2. The van der Waals surface area contributed by atoms with Gasteiger partial charge in [-0.1, -0.05) is 52.0 Å². The monoisotopic (exact) mass is 484 g/mol. The van der Waals surface area contributed by atoms with Crippen molar-refractivity contribution in [1.82, 2.24) is 9.97 Å². The van der Waals surface area contributed by atoms with Crippen molar-refractivity contribution in [2.75, 3.05) is 5.32 Å². The first-order valence-electron chi connectivity index (χ1n) is 13.0. The minimum Gasteiger partial charge on any atom is -0.360 e. The molecule has 2 N–H and O–H groups in total. The van der Waals surface area contributed by atoms with Gasteiger partial charge >= 0.3 is 0 Å². The normalized spacial score (nSPS) is 32.6. The van der Waals surface area contributed by atoms with Crippen molar-refractivity contribution in [2.24, 2.45) is 17.3 Å². The molecule has 1 aromatic carbocycles. The Morgan fingerprint density at radius 3 is 2.44 bits per heavy atom. The van der Waals surface area contributed by atoms with Gasteiger partial charge in [0.1, 0.15) is 11.8 Å². The van der Waals surface area contributed by atoms with E-state index in [1.165, 1.54) is 17.3 Å². The van der Waals surface area contributed by atoms with Crippen LogP contribution in [-0.4, -0.2) is 27.1 Å². The lowest BCUT2D eigenvalue weighted by molar-refractivity contribution is -0.170. The number of fused-ring (bicyclic) bond motifs is 2. The Labute approximate surface area is 213 Å². The van der Waals surface area contributed by atoms with E-state index >= 15 is 0 Å². The summed E-state index contributed by atoms with van der Waals surface area (Å²) in [5.74, 6) is 0.711. The second-order valence-electron chi connectivity index (χ2n) is 12.0. The number of anilines is 1. The number of benzene rings is 1. The molecule has 4 atom stereocenters. The van der Waals surface area contributed by atoms with Crippen LogP contribution in [0.15, 0.2) is 42.6 Å². The summed E-state index contributed by atoms with van der Waals surface area (Å²) >= 11 is 0. The van der Waals surface area contributed by atoms with Crippen LogP contribution >= 0.6 is 0 Å². The molecule has 6 nitrogen and oxygen atoms in total. The maximum absolute atomic E-state index is 13.0. The van der Waals surface area contributed by atoms with Crippen molar-refractivity contribution in [3.05, 3.63) is 65.3 Å². The van der Waals surface area contributed by atoms with Crippen molar-refractivity contribution in [3.63, 3.8) is 0 Å². The second-order valence-corrected chi connectivity index (χ2v) is 12.0. The van der Waals surface area contributed by atoms with Crippen molar-refractivity contribution in [2.45, 2.75) is 77.9 Å². The summed E-state index contributed by atoms with van der Waals surface area (Å²) < 4.78 is 6.54. The number of aromatic nitrogens is 2. The third kappa shape index (κ3) is 4.10. The average Bonchev–Trinajstić information content (AvgIpc) is 3.44. The first kappa shape index (κ1) is 24.5. The highest BCUT2D eigenvalue weighted by Gasteiger charge is 2.55. The number of nitrogens with zero attached hydrogens (tertiary/aromatic N) is 2. The van der Waals surface area contributed by atoms with E-state index in [9.17, 15) is 4.79 Å². The number of aromatic amines is 1. The van der Waals surface area contributed by atoms with Gasteiger partial charge in [-0.05, 0) is 79.5 Å². The molecule has 1 fully saturated rings. The number of allylic oxidation sites excluding steroid dienone is 2. The van der Waals surface area contributed by atoms with E-state index in [0.29, 0.717) is 17.8 Å². The van der Waals surface area contributed by atoms with Crippen molar-refractivity contribution < 1.29 is 9.53 Å². The Balaban J connectivity index is 1.54. The Kier molecular flexibility index (Phi) is 5.76. The molecule has 0 radical (unpaired) electrons. The Hall–Kier alpha value is -3.17. The summed E-state index contributed by atoms with van der Waals surface area (Å²) in [4.78, 5) is 19.8. The topological polar surface area (TPSA) is 90.8 Å². The Morgan fingerprint density at radius 2 is 1.86 bits per heavy atom. The molecule has 5 rings (SSSR count). The van der Waals surface area contributed by atoms with Crippen LogP contribution in [0.2, 0.25) is 0 Å². The summed E-state index contributed by atoms with van der Waals surface area (Å²) in [5, 5.41) is 12.1. The third-order valence-corrected chi connectivity index (χ3v) is 8.98. The molecule has 1 amide bonds. The number of nitriles is 1. The van der Waals surface area contributed by atoms with Gasteiger partial charge in [0, 0.05) is 11.3 Å². The number of ether oxygens (including phenoxy) is 1. The molecule has 2 aliphatic heterocycles. The zero-order valence-corrected chi connectivity index (χ0v) is 22.1. The van der Waals surface area contributed by atoms with Gasteiger partial charge in [0.05, 0.1) is 17.4 Å². The molecule has 3 heterocycles. The minimum atomic E-state index is -0.350. The molecule has 2 bridgehead atoms. The van der Waals surface area contributed by atoms with Gasteiger partial charge < -0.3 is 15.0 Å². The van der Waals surface area contributed by atoms with Gasteiger partial charge in [-0.15, -0.1) is 0 Å². The minimum absolute atomic E-state index is 0.135. The highest BCUT2D eigenvalue weighted by molar-refractivity contribution is 6.03. The smallest absolute Gasteiger partial charge is 0.291 e. The highest BCUT2D eigenvalue weighted by atomic mass is 16.5.